The summed E-state index contributed by atoms with van der Waals surface area (Å²) in [6.07, 6.45) is 2.76. The summed E-state index contributed by atoms with van der Waals surface area (Å²) in [7, 11) is 0. The maximum Gasteiger partial charge on any atom is 0.0164 e. The van der Waals surface area contributed by atoms with E-state index in [1.165, 1.54) is 12.8 Å². The van der Waals surface area contributed by atoms with Gasteiger partial charge in [0.1, 0.15) is 0 Å². The molecule has 1 aliphatic carbocycles. The highest BCUT2D eigenvalue weighted by Gasteiger charge is 2.21. The largest absolute Gasteiger partial charge is 0.312 e. The monoisotopic (exact) mass is 184 g/mol. The molecule has 0 heterocycles. The minimum absolute atomic E-state index is 0.397. The minimum Gasteiger partial charge on any atom is -0.312 e. The molecule has 2 N–H and O–H groups in total. The minimum atomic E-state index is 0.397. The zero-order valence-corrected chi connectivity index (χ0v) is 9.48. The van der Waals surface area contributed by atoms with Crippen LogP contribution in [-0.2, 0) is 0 Å². The van der Waals surface area contributed by atoms with Crippen LogP contribution in [0.5, 0.6) is 0 Å². The first-order chi connectivity index (χ1) is 5.97. The fourth-order valence-electron chi connectivity index (χ4n) is 1.18. The van der Waals surface area contributed by atoms with E-state index < -0.39 is 0 Å². The van der Waals surface area contributed by atoms with Crippen LogP contribution in [0.1, 0.15) is 40.5 Å². The molecule has 0 spiro atoms. The topological polar surface area (TPSA) is 24.1 Å². The Kier molecular flexibility index (Phi) is 3.74. The fourth-order valence-corrected chi connectivity index (χ4v) is 1.18. The lowest BCUT2D eigenvalue weighted by molar-refractivity contribution is 0.351. The zero-order chi connectivity index (χ0) is 9.90. The second-order valence-electron chi connectivity index (χ2n) is 5.53. The van der Waals surface area contributed by atoms with E-state index in [0.29, 0.717) is 11.5 Å². The molecular formula is C11H24N2. The van der Waals surface area contributed by atoms with Gasteiger partial charge >= 0.3 is 0 Å². The van der Waals surface area contributed by atoms with Gasteiger partial charge in [0.25, 0.3) is 0 Å². The van der Waals surface area contributed by atoms with E-state index in [9.17, 15) is 0 Å². The summed E-state index contributed by atoms with van der Waals surface area (Å²) in [6, 6.07) is 1.43. The quantitative estimate of drug-likeness (QED) is 0.680. The third-order valence-corrected chi connectivity index (χ3v) is 2.27. The number of hydrogen-bond acceptors (Lipinski definition) is 2. The summed E-state index contributed by atoms with van der Waals surface area (Å²) in [4.78, 5) is 0. The molecule has 0 aromatic rings. The molecule has 1 unspecified atom stereocenters. The van der Waals surface area contributed by atoms with Gasteiger partial charge in [-0.05, 0) is 25.2 Å². The van der Waals surface area contributed by atoms with Gasteiger partial charge in [0, 0.05) is 25.2 Å². The van der Waals surface area contributed by atoms with Gasteiger partial charge in [-0.15, -0.1) is 0 Å². The predicted molar refractivity (Wildman–Crippen MR) is 57.9 cm³/mol. The van der Waals surface area contributed by atoms with Crippen LogP contribution in [-0.4, -0.2) is 25.2 Å². The van der Waals surface area contributed by atoms with Crippen molar-refractivity contribution < 1.29 is 0 Å². The van der Waals surface area contributed by atoms with Crippen LogP contribution in [0.15, 0.2) is 0 Å². The molecule has 13 heavy (non-hydrogen) atoms. The average Bonchev–Trinajstić information content (AvgIpc) is 2.78. The highest BCUT2D eigenvalue weighted by molar-refractivity contribution is 4.82. The molecule has 0 amide bonds. The third kappa shape index (κ3) is 6.05. The molecule has 1 fully saturated rings. The Bertz CT molecular complexity index is 145. The molecule has 1 saturated carbocycles. The zero-order valence-electron chi connectivity index (χ0n) is 9.48. The Labute approximate surface area is 82.5 Å². The predicted octanol–water partition coefficient (Wildman–Crippen LogP) is 1.76. The van der Waals surface area contributed by atoms with Crippen molar-refractivity contribution in [1.29, 1.82) is 0 Å². The van der Waals surface area contributed by atoms with Gasteiger partial charge in [0.05, 0.1) is 0 Å². The Morgan fingerprint density at radius 1 is 1.31 bits per heavy atom. The van der Waals surface area contributed by atoms with Crippen molar-refractivity contribution in [2.75, 3.05) is 13.1 Å². The van der Waals surface area contributed by atoms with E-state index in [1.54, 1.807) is 0 Å². The highest BCUT2D eigenvalue weighted by Crippen LogP contribution is 2.18. The molecule has 1 aliphatic rings. The van der Waals surface area contributed by atoms with Crippen molar-refractivity contribution in [3.63, 3.8) is 0 Å². The first-order valence-corrected chi connectivity index (χ1v) is 5.44. The average molecular weight is 184 g/mol. The second-order valence-corrected chi connectivity index (χ2v) is 5.53. The maximum absolute atomic E-state index is 3.54. The lowest BCUT2D eigenvalue weighted by Crippen LogP contribution is -2.40. The lowest BCUT2D eigenvalue weighted by atomic mass is 9.96. The van der Waals surface area contributed by atoms with Crippen molar-refractivity contribution in [1.82, 2.24) is 10.6 Å². The Morgan fingerprint density at radius 2 is 1.92 bits per heavy atom. The van der Waals surface area contributed by atoms with Crippen molar-refractivity contribution in [2.24, 2.45) is 5.41 Å². The van der Waals surface area contributed by atoms with Gasteiger partial charge < -0.3 is 10.6 Å². The van der Waals surface area contributed by atoms with E-state index in [2.05, 4.69) is 38.3 Å². The normalized spacial score (nSPS) is 20.3. The van der Waals surface area contributed by atoms with Gasteiger partial charge in [-0.2, -0.15) is 0 Å². The van der Waals surface area contributed by atoms with Gasteiger partial charge in [0.2, 0.25) is 0 Å². The molecule has 0 radical (unpaired) electrons. The van der Waals surface area contributed by atoms with Crippen LogP contribution >= 0.6 is 0 Å². The molecule has 0 bridgehead atoms. The fraction of sp³-hybridized carbons (Fsp3) is 1.00. The standard InChI is InChI=1S/C11H24N2/c1-9(7-12-10-5-6-10)13-8-11(2,3)4/h9-10,12-13H,5-8H2,1-4H3. The van der Waals surface area contributed by atoms with Crippen LogP contribution in [0.4, 0.5) is 0 Å². The summed E-state index contributed by atoms with van der Waals surface area (Å²) >= 11 is 0. The van der Waals surface area contributed by atoms with Crippen molar-refractivity contribution in [3.8, 4) is 0 Å². The van der Waals surface area contributed by atoms with Crippen molar-refractivity contribution in [3.05, 3.63) is 0 Å². The molecule has 0 aliphatic heterocycles. The van der Waals surface area contributed by atoms with Gasteiger partial charge in [-0.3, -0.25) is 0 Å². The van der Waals surface area contributed by atoms with E-state index in [4.69, 9.17) is 0 Å². The van der Waals surface area contributed by atoms with Crippen LogP contribution in [0.2, 0.25) is 0 Å². The first-order valence-electron chi connectivity index (χ1n) is 5.44. The van der Waals surface area contributed by atoms with Crippen molar-refractivity contribution in [2.45, 2.75) is 52.6 Å². The summed E-state index contributed by atoms with van der Waals surface area (Å²) < 4.78 is 0. The molecule has 2 nitrogen and oxygen atoms in total. The smallest absolute Gasteiger partial charge is 0.0164 e. The second kappa shape index (κ2) is 4.43. The summed E-state index contributed by atoms with van der Waals surface area (Å²) in [6.45, 7) is 11.3. The van der Waals surface area contributed by atoms with Gasteiger partial charge in [-0.25, -0.2) is 0 Å². The van der Waals surface area contributed by atoms with E-state index in [-0.39, 0.29) is 0 Å². The third-order valence-electron chi connectivity index (χ3n) is 2.27. The maximum atomic E-state index is 3.54. The molecule has 1 rings (SSSR count). The summed E-state index contributed by atoms with van der Waals surface area (Å²) in [5, 5.41) is 7.07. The summed E-state index contributed by atoms with van der Waals surface area (Å²) in [5.41, 5.74) is 0.397. The van der Waals surface area contributed by atoms with Crippen LogP contribution in [0.25, 0.3) is 0 Å². The van der Waals surface area contributed by atoms with E-state index in [1.807, 2.05) is 0 Å². The van der Waals surface area contributed by atoms with E-state index in [0.717, 1.165) is 19.1 Å². The molecule has 0 saturated heterocycles. The van der Waals surface area contributed by atoms with Crippen LogP contribution < -0.4 is 10.6 Å². The van der Waals surface area contributed by atoms with Gasteiger partial charge in [0.15, 0.2) is 0 Å². The molecular weight excluding hydrogens is 160 g/mol. The highest BCUT2D eigenvalue weighted by atomic mass is 15.0. The van der Waals surface area contributed by atoms with Crippen molar-refractivity contribution >= 4 is 0 Å². The van der Waals surface area contributed by atoms with Crippen LogP contribution in [0, 0.1) is 5.41 Å². The molecule has 78 valence electrons. The van der Waals surface area contributed by atoms with Gasteiger partial charge in [-0.1, -0.05) is 20.8 Å². The number of hydrogen-bond donors (Lipinski definition) is 2. The Hall–Kier alpha value is -0.0800. The van der Waals surface area contributed by atoms with E-state index >= 15 is 0 Å². The Morgan fingerprint density at radius 3 is 2.38 bits per heavy atom. The molecule has 2 heteroatoms. The first kappa shape index (κ1) is 11.0. The molecule has 0 aromatic carbocycles. The SMILES string of the molecule is CC(CNC1CC1)NCC(C)(C)C. The summed E-state index contributed by atoms with van der Waals surface area (Å²) in [5.74, 6) is 0. The molecule has 0 aromatic heterocycles. The lowest BCUT2D eigenvalue weighted by Gasteiger charge is -2.22. The Balaban J connectivity index is 1.99. The molecule has 1 atom stereocenters. The number of nitrogens with one attached hydrogen (secondary N) is 2. The number of rotatable bonds is 5. The van der Waals surface area contributed by atoms with Crippen LogP contribution in [0.3, 0.4) is 0 Å².